The SMILES string of the molecule is CCc1ccccc1-c1ccc(N2CC[C@H](Oc3ncccc3F)C2)c(CO)n1. The fraction of sp³-hybridized carbons (Fsp3) is 0.304. The summed E-state index contributed by atoms with van der Waals surface area (Å²) in [4.78, 5) is 10.8. The van der Waals surface area contributed by atoms with Crippen molar-refractivity contribution >= 4 is 5.69 Å². The molecule has 0 saturated carbocycles. The van der Waals surface area contributed by atoms with Gasteiger partial charge in [-0.1, -0.05) is 31.2 Å². The average molecular weight is 393 g/mol. The molecule has 1 aliphatic heterocycles. The van der Waals surface area contributed by atoms with Gasteiger partial charge < -0.3 is 14.7 Å². The summed E-state index contributed by atoms with van der Waals surface area (Å²) in [5, 5.41) is 9.93. The number of aliphatic hydroxyl groups is 1. The zero-order chi connectivity index (χ0) is 20.2. The summed E-state index contributed by atoms with van der Waals surface area (Å²) in [5.74, 6) is -0.422. The quantitative estimate of drug-likeness (QED) is 0.686. The lowest BCUT2D eigenvalue weighted by atomic mass is 10.0. The van der Waals surface area contributed by atoms with Gasteiger partial charge in [-0.2, -0.15) is 0 Å². The minimum atomic E-state index is -0.456. The van der Waals surface area contributed by atoms with Crippen LogP contribution in [-0.4, -0.2) is 34.3 Å². The number of benzene rings is 1. The molecule has 1 aliphatic rings. The molecule has 0 bridgehead atoms. The van der Waals surface area contributed by atoms with Crippen molar-refractivity contribution in [2.75, 3.05) is 18.0 Å². The zero-order valence-corrected chi connectivity index (χ0v) is 16.4. The average Bonchev–Trinajstić information content (AvgIpc) is 3.23. The number of aromatic nitrogens is 2. The van der Waals surface area contributed by atoms with Gasteiger partial charge in [0, 0.05) is 24.7 Å². The highest BCUT2D eigenvalue weighted by Gasteiger charge is 2.27. The van der Waals surface area contributed by atoms with Crippen molar-refractivity contribution in [3.05, 3.63) is 71.8 Å². The fourth-order valence-corrected chi connectivity index (χ4v) is 3.79. The van der Waals surface area contributed by atoms with E-state index in [0.29, 0.717) is 12.2 Å². The number of ether oxygens (including phenoxy) is 1. The normalized spacial score (nSPS) is 16.2. The Bertz CT molecular complexity index is 995. The van der Waals surface area contributed by atoms with E-state index in [2.05, 4.69) is 28.9 Å². The van der Waals surface area contributed by atoms with Gasteiger partial charge in [0.25, 0.3) is 5.88 Å². The van der Waals surface area contributed by atoms with E-state index in [1.807, 2.05) is 24.3 Å². The van der Waals surface area contributed by atoms with Crippen molar-refractivity contribution in [2.24, 2.45) is 0 Å². The predicted octanol–water partition coefficient (Wildman–Crippen LogP) is 4.00. The van der Waals surface area contributed by atoms with Crippen LogP contribution in [-0.2, 0) is 13.0 Å². The smallest absolute Gasteiger partial charge is 0.250 e. The molecule has 0 unspecified atom stereocenters. The molecule has 3 heterocycles. The summed E-state index contributed by atoms with van der Waals surface area (Å²) in [6, 6.07) is 15.1. The summed E-state index contributed by atoms with van der Waals surface area (Å²) in [6.07, 6.45) is 3.03. The summed E-state index contributed by atoms with van der Waals surface area (Å²) >= 11 is 0. The van der Waals surface area contributed by atoms with Gasteiger partial charge in [-0.3, -0.25) is 0 Å². The van der Waals surface area contributed by atoms with Gasteiger partial charge in [0.2, 0.25) is 0 Å². The number of hydrogen-bond donors (Lipinski definition) is 1. The maximum absolute atomic E-state index is 13.8. The summed E-state index contributed by atoms with van der Waals surface area (Å²) < 4.78 is 19.5. The van der Waals surface area contributed by atoms with Crippen molar-refractivity contribution in [1.82, 2.24) is 9.97 Å². The van der Waals surface area contributed by atoms with E-state index in [1.165, 1.54) is 17.8 Å². The molecule has 4 rings (SSSR count). The number of nitrogens with zero attached hydrogens (tertiary/aromatic N) is 3. The molecule has 5 nitrogen and oxygen atoms in total. The second kappa shape index (κ2) is 8.57. The summed E-state index contributed by atoms with van der Waals surface area (Å²) in [5.41, 5.74) is 4.70. The largest absolute Gasteiger partial charge is 0.470 e. The van der Waals surface area contributed by atoms with Crippen LogP contribution < -0.4 is 9.64 Å². The zero-order valence-electron chi connectivity index (χ0n) is 16.4. The third-order valence-electron chi connectivity index (χ3n) is 5.26. The molecular weight excluding hydrogens is 369 g/mol. The molecule has 0 radical (unpaired) electrons. The first kappa shape index (κ1) is 19.3. The van der Waals surface area contributed by atoms with Crippen LogP contribution in [0.5, 0.6) is 5.88 Å². The highest BCUT2D eigenvalue weighted by atomic mass is 19.1. The lowest BCUT2D eigenvalue weighted by Gasteiger charge is -2.22. The van der Waals surface area contributed by atoms with Gasteiger partial charge in [0.1, 0.15) is 6.10 Å². The Balaban J connectivity index is 1.54. The molecular formula is C23H24FN3O2. The van der Waals surface area contributed by atoms with Crippen molar-refractivity contribution in [1.29, 1.82) is 0 Å². The van der Waals surface area contributed by atoms with E-state index in [9.17, 15) is 9.50 Å². The van der Waals surface area contributed by atoms with Gasteiger partial charge in [-0.05, 0) is 36.2 Å². The molecule has 1 aromatic carbocycles. The molecule has 1 atom stereocenters. The van der Waals surface area contributed by atoms with Crippen LogP contribution in [0.4, 0.5) is 10.1 Å². The molecule has 6 heteroatoms. The molecule has 3 aromatic rings. The lowest BCUT2D eigenvalue weighted by Crippen LogP contribution is -2.26. The van der Waals surface area contributed by atoms with E-state index in [1.54, 1.807) is 6.07 Å². The Hall–Kier alpha value is -2.99. The summed E-state index contributed by atoms with van der Waals surface area (Å²) in [6.45, 7) is 3.32. The molecule has 0 aliphatic carbocycles. The second-order valence-corrected chi connectivity index (χ2v) is 7.10. The van der Waals surface area contributed by atoms with Crippen LogP contribution >= 0.6 is 0 Å². The molecule has 1 fully saturated rings. The molecule has 2 aromatic heterocycles. The second-order valence-electron chi connectivity index (χ2n) is 7.10. The Labute approximate surface area is 169 Å². The molecule has 0 amide bonds. The molecule has 29 heavy (non-hydrogen) atoms. The van der Waals surface area contributed by atoms with E-state index in [-0.39, 0.29) is 18.6 Å². The Morgan fingerprint density at radius 1 is 1.17 bits per heavy atom. The molecule has 150 valence electrons. The van der Waals surface area contributed by atoms with E-state index < -0.39 is 5.82 Å². The number of halogens is 1. The monoisotopic (exact) mass is 393 g/mol. The molecule has 1 N–H and O–H groups in total. The standard InChI is InChI=1S/C23H24FN3O2/c1-2-16-6-3-4-7-18(16)20-9-10-22(21(15-28)26-20)27-13-11-17(14-27)29-23-19(24)8-5-12-25-23/h3-10,12,17,28H,2,11,13-15H2,1H3/t17-/m0/s1. The highest BCUT2D eigenvalue weighted by Crippen LogP contribution is 2.30. The Morgan fingerprint density at radius 2 is 2.03 bits per heavy atom. The van der Waals surface area contributed by atoms with Crippen LogP contribution in [0.1, 0.15) is 24.6 Å². The van der Waals surface area contributed by atoms with Gasteiger partial charge in [-0.15, -0.1) is 0 Å². The minimum absolute atomic E-state index is 0.0337. The van der Waals surface area contributed by atoms with Crippen molar-refractivity contribution in [3.8, 4) is 17.1 Å². The van der Waals surface area contributed by atoms with Crippen LogP contribution in [0.2, 0.25) is 0 Å². The van der Waals surface area contributed by atoms with Crippen LogP contribution in [0.3, 0.4) is 0 Å². The lowest BCUT2D eigenvalue weighted by molar-refractivity contribution is 0.205. The Kier molecular flexibility index (Phi) is 5.71. The van der Waals surface area contributed by atoms with Crippen LogP contribution in [0, 0.1) is 5.82 Å². The Morgan fingerprint density at radius 3 is 2.83 bits per heavy atom. The van der Waals surface area contributed by atoms with Gasteiger partial charge in [-0.25, -0.2) is 14.4 Å². The first-order valence-corrected chi connectivity index (χ1v) is 9.90. The topological polar surface area (TPSA) is 58.5 Å². The minimum Gasteiger partial charge on any atom is -0.470 e. The maximum Gasteiger partial charge on any atom is 0.250 e. The number of rotatable bonds is 6. The number of aliphatic hydroxyl groups excluding tert-OH is 1. The van der Waals surface area contributed by atoms with Crippen molar-refractivity contribution in [3.63, 3.8) is 0 Å². The van der Waals surface area contributed by atoms with Gasteiger partial charge in [0.05, 0.1) is 30.2 Å². The van der Waals surface area contributed by atoms with E-state index >= 15 is 0 Å². The highest BCUT2D eigenvalue weighted by molar-refractivity contribution is 5.67. The van der Waals surface area contributed by atoms with Gasteiger partial charge in [0.15, 0.2) is 5.82 Å². The first-order chi connectivity index (χ1) is 14.2. The number of aryl methyl sites for hydroxylation is 1. The van der Waals surface area contributed by atoms with Crippen LogP contribution in [0.25, 0.3) is 11.3 Å². The van der Waals surface area contributed by atoms with E-state index in [0.717, 1.165) is 36.3 Å². The third kappa shape index (κ3) is 4.07. The van der Waals surface area contributed by atoms with E-state index in [4.69, 9.17) is 9.72 Å². The van der Waals surface area contributed by atoms with Crippen LogP contribution in [0.15, 0.2) is 54.7 Å². The maximum atomic E-state index is 13.8. The number of anilines is 1. The third-order valence-corrected chi connectivity index (χ3v) is 5.26. The predicted molar refractivity (Wildman–Crippen MR) is 110 cm³/mol. The van der Waals surface area contributed by atoms with Gasteiger partial charge >= 0.3 is 0 Å². The number of hydrogen-bond acceptors (Lipinski definition) is 5. The molecule has 0 spiro atoms. The summed E-state index contributed by atoms with van der Waals surface area (Å²) in [7, 11) is 0. The van der Waals surface area contributed by atoms with Crippen molar-refractivity contribution in [2.45, 2.75) is 32.5 Å². The molecule has 1 saturated heterocycles. The first-order valence-electron chi connectivity index (χ1n) is 9.90. The van der Waals surface area contributed by atoms with Crippen molar-refractivity contribution < 1.29 is 14.2 Å². The fourth-order valence-electron chi connectivity index (χ4n) is 3.79. The number of pyridine rings is 2.